The number of halogens is 1. The minimum atomic E-state index is -3.54. The Bertz CT molecular complexity index is 1220. The number of sulfonamides is 1. The van der Waals surface area contributed by atoms with Crippen LogP contribution in [-0.2, 0) is 14.8 Å². The maximum atomic E-state index is 14.7. The Morgan fingerprint density at radius 2 is 1.97 bits per heavy atom. The van der Waals surface area contributed by atoms with Crippen molar-refractivity contribution in [2.24, 2.45) is 0 Å². The van der Waals surface area contributed by atoms with Crippen LogP contribution in [0.15, 0.2) is 36.5 Å². The number of benzene rings is 1. The van der Waals surface area contributed by atoms with E-state index in [4.69, 9.17) is 0 Å². The lowest BCUT2D eigenvalue weighted by molar-refractivity contribution is -0.107. The number of nitrogens with one attached hydrogen (secondary N) is 2. The number of pyridine rings is 1. The molecule has 1 aromatic carbocycles. The van der Waals surface area contributed by atoms with Crippen molar-refractivity contribution in [3.05, 3.63) is 42.3 Å². The summed E-state index contributed by atoms with van der Waals surface area (Å²) in [5.74, 6) is -0.144. The zero-order valence-corrected chi connectivity index (χ0v) is 16.2. The molecule has 2 fully saturated rings. The fraction of sp³-hybridized carbons (Fsp3) is 0.300. The van der Waals surface area contributed by atoms with E-state index in [2.05, 4.69) is 14.7 Å². The molecule has 5 rings (SSSR count). The van der Waals surface area contributed by atoms with Gasteiger partial charge in [-0.3, -0.25) is 14.4 Å². The van der Waals surface area contributed by atoms with Crippen LogP contribution in [0.4, 0.5) is 15.9 Å². The van der Waals surface area contributed by atoms with Crippen molar-refractivity contribution in [2.45, 2.75) is 37.0 Å². The number of anilines is 2. The lowest BCUT2D eigenvalue weighted by Crippen LogP contribution is -2.24. The first-order chi connectivity index (χ1) is 14.0. The predicted molar refractivity (Wildman–Crippen MR) is 109 cm³/mol. The Labute approximate surface area is 167 Å². The molecule has 150 valence electrons. The molecule has 9 heteroatoms. The fourth-order valence-electron chi connectivity index (χ4n) is 3.46. The molecule has 1 amide bonds. The highest BCUT2D eigenvalue weighted by atomic mass is 32.2. The summed E-state index contributed by atoms with van der Waals surface area (Å²) >= 11 is 0. The largest absolute Gasteiger partial charge is 0.346 e. The number of fused-ring (bicyclic) bond motifs is 1. The first-order valence-electron chi connectivity index (χ1n) is 9.49. The normalized spacial score (nSPS) is 16.7. The van der Waals surface area contributed by atoms with E-state index in [9.17, 15) is 17.6 Å². The number of H-pyrrole nitrogens is 1. The number of aromatic amines is 1. The fourth-order valence-corrected chi connectivity index (χ4v) is 4.85. The lowest BCUT2D eigenvalue weighted by Gasteiger charge is -2.17. The van der Waals surface area contributed by atoms with E-state index >= 15 is 0 Å². The Morgan fingerprint density at radius 3 is 2.62 bits per heavy atom. The number of hydrogen-bond donors (Lipinski definition) is 2. The Hall–Kier alpha value is -2.94. The van der Waals surface area contributed by atoms with Crippen LogP contribution in [0, 0.1) is 5.82 Å². The van der Waals surface area contributed by atoms with Gasteiger partial charge < -0.3 is 4.98 Å². The predicted octanol–water partition coefficient (Wildman–Crippen LogP) is 3.40. The molecule has 0 aliphatic heterocycles. The summed E-state index contributed by atoms with van der Waals surface area (Å²) in [5, 5.41) is 0.363. The zero-order valence-electron chi connectivity index (χ0n) is 15.4. The third-order valence-electron chi connectivity index (χ3n) is 5.33. The van der Waals surface area contributed by atoms with E-state index in [1.54, 1.807) is 23.2 Å². The number of nitrogens with zero attached hydrogens (tertiary/aromatic N) is 2. The SMILES string of the molecule is O=CN(c1cc(-c2ccc(NS(=O)(=O)C3CC3)c(F)c2)c2cc[nH]c2n1)C1CC1. The summed E-state index contributed by atoms with van der Waals surface area (Å²) in [6, 6.07) is 8.16. The van der Waals surface area contributed by atoms with E-state index in [-0.39, 0.29) is 11.7 Å². The highest BCUT2D eigenvalue weighted by Gasteiger charge is 2.36. The third-order valence-corrected chi connectivity index (χ3v) is 7.18. The summed E-state index contributed by atoms with van der Waals surface area (Å²) in [6.45, 7) is 0. The van der Waals surface area contributed by atoms with Gasteiger partial charge in [-0.05, 0) is 61.1 Å². The highest BCUT2D eigenvalue weighted by Crippen LogP contribution is 2.36. The summed E-state index contributed by atoms with van der Waals surface area (Å²) < 4.78 is 41.3. The number of carbonyl (C=O) groups is 1. The van der Waals surface area contributed by atoms with Gasteiger partial charge in [0.05, 0.1) is 10.9 Å². The number of carbonyl (C=O) groups excluding carboxylic acids is 1. The number of hydrogen-bond acceptors (Lipinski definition) is 4. The van der Waals surface area contributed by atoms with Gasteiger partial charge in [-0.2, -0.15) is 0 Å². The van der Waals surface area contributed by atoms with E-state index in [1.807, 2.05) is 6.07 Å². The highest BCUT2D eigenvalue weighted by molar-refractivity contribution is 7.93. The molecule has 2 saturated carbocycles. The zero-order chi connectivity index (χ0) is 20.2. The van der Waals surface area contributed by atoms with Gasteiger partial charge >= 0.3 is 0 Å². The molecule has 0 unspecified atom stereocenters. The molecule has 0 atom stereocenters. The van der Waals surface area contributed by atoms with Gasteiger partial charge in [-0.25, -0.2) is 17.8 Å². The monoisotopic (exact) mass is 414 g/mol. The molecule has 2 aliphatic carbocycles. The summed E-state index contributed by atoms with van der Waals surface area (Å²) in [6.07, 6.45) is 5.59. The second kappa shape index (κ2) is 6.55. The van der Waals surface area contributed by atoms with Crippen LogP contribution in [0.5, 0.6) is 0 Å². The molecule has 3 aromatic rings. The molecule has 2 heterocycles. The summed E-state index contributed by atoms with van der Waals surface area (Å²) in [5.41, 5.74) is 1.83. The van der Waals surface area contributed by atoms with Crippen LogP contribution < -0.4 is 9.62 Å². The minimum absolute atomic E-state index is 0.0623. The average molecular weight is 414 g/mol. The van der Waals surface area contributed by atoms with E-state index < -0.39 is 21.1 Å². The van der Waals surface area contributed by atoms with E-state index in [1.165, 1.54) is 12.1 Å². The van der Waals surface area contributed by atoms with Gasteiger partial charge in [0.15, 0.2) is 0 Å². The topological polar surface area (TPSA) is 95.2 Å². The van der Waals surface area contributed by atoms with Gasteiger partial charge in [0, 0.05) is 17.6 Å². The van der Waals surface area contributed by atoms with Crippen LogP contribution in [0.2, 0.25) is 0 Å². The molecule has 0 saturated heterocycles. The standard InChI is InChI=1S/C20H19FN4O3S/c21-17-9-12(1-6-18(17)24-29(27,28)14-4-5-14)16-10-19(25(11-26)13-2-3-13)23-20-15(16)7-8-22-20/h1,6-11,13-14,24H,2-5H2,(H,22,23). The smallest absolute Gasteiger partial charge is 0.235 e. The van der Waals surface area contributed by atoms with Crippen LogP contribution in [0.1, 0.15) is 25.7 Å². The van der Waals surface area contributed by atoms with Gasteiger partial charge in [-0.1, -0.05) is 6.07 Å². The quantitative estimate of drug-likeness (QED) is 0.579. The van der Waals surface area contributed by atoms with Gasteiger partial charge in [0.2, 0.25) is 16.4 Å². The van der Waals surface area contributed by atoms with Crippen molar-refractivity contribution >= 4 is 39.0 Å². The second-order valence-corrected chi connectivity index (χ2v) is 9.51. The number of amides is 1. The van der Waals surface area contributed by atoms with Crippen LogP contribution in [-0.4, -0.2) is 36.1 Å². The number of rotatable bonds is 7. The molecule has 2 aliphatic rings. The van der Waals surface area contributed by atoms with Crippen molar-refractivity contribution in [3.63, 3.8) is 0 Å². The van der Waals surface area contributed by atoms with Crippen LogP contribution >= 0.6 is 0 Å². The Kier molecular flexibility index (Phi) is 4.09. The minimum Gasteiger partial charge on any atom is -0.346 e. The molecule has 2 N–H and O–H groups in total. The molecule has 29 heavy (non-hydrogen) atoms. The molecule has 0 radical (unpaired) electrons. The van der Waals surface area contributed by atoms with E-state index in [0.717, 1.165) is 24.6 Å². The van der Waals surface area contributed by atoms with Crippen molar-refractivity contribution in [1.82, 2.24) is 9.97 Å². The summed E-state index contributed by atoms with van der Waals surface area (Å²) in [7, 11) is -3.54. The van der Waals surface area contributed by atoms with Crippen molar-refractivity contribution < 1.29 is 17.6 Å². The molecular weight excluding hydrogens is 395 g/mol. The molecule has 2 aromatic heterocycles. The maximum absolute atomic E-state index is 14.7. The van der Waals surface area contributed by atoms with E-state index in [0.29, 0.717) is 35.4 Å². The first kappa shape index (κ1) is 18.1. The molecule has 7 nitrogen and oxygen atoms in total. The molecule has 0 spiro atoms. The van der Waals surface area contributed by atoms with Gasteiger partial charge in [-0.15, -0.1) is 0 Å². The number of aromatic nitrogens is 2. The van der Waals surface area contributed by atoms with Crippen molar-refractivity contribution in [2.75, 3.05) is 9.62 Å². The van der Waals surface area contributed by atoms with Crippen molar-refractivity contribution in [1.29, 1.82) is 0 Å². The maximum Gasteiger partial charge on any atom is 0.235 e. The average Bonchev–Trinajstić information content (AvgIpc) is 3.61. The Morgan fingerprint density at radius 1 is 1.17 bits per heavy atom. The van der Waals surface area contributed by atoms with Gasteiger partial charge in [0.1, 0.15) is 17.3 Å². The second-order valence-electron chi connectivity index (χ2n) is 7.55. The summed E-state index contributed by atoms with van der Waals surface area (Å²) in [4.78, 5) is 20.7. The van der Waals surface area contributed by atoms with Crippen LogP contribution in [0.3, 0.4) is 0 Å². The van der Waals surface area contributed by atoms with Crippen LogP contribution in [0.25, 0.3) is 22.2 Å². The first-order valence-corrected chi connectivity index (χ1v) is 11.0. The lowest BCUT2D eigenvalue weighted by atomic mass is 10.0. The third kappa shape index (κ3) is 3.35. The molecular formula is C20H19FN4O3S. The van der Waals surface area contributed by atoms with Crippen molar-refractivity contribution in [3.8, 4) is 11.1 Å². The Balaban J connectivity index is 1.55. The van der Waals surface area contributed by atoms with Gasteiger partial charge in [0.25, 0.3) is 0 Å². The molecule has 0 bridgehead atoms.